The van der Waals surface area contributed by atoms with Crippen LogP contribution in [0.3, 0.4) is 0 Å². The van der Waals surface area contributed by atoms with Crippen molar-refractivity contribution in [2.24, 2.45) is 0 Å². The Kier molecular flexibility index (Phi) is 11.3. The molecule has 10 heteroatoms. The third-order valence-corrected chi connectivity index (χ3v) is 0.780. The number of hydrogen-bond acceptors (Lipinski definition) is 4. The van der Waals surface area contributed by atoms with Crippen molar-refractivity contribution < 1.29 is 33.6 Å². The van der Waals surface area contributed by atoms with Crippen molar-refractivity contribution in [2.75, 3.05) is 0 Å². The van der Waals surface area contributed by atoms with Crippen LogP contribution in [0.25, 0.3) is 0 Å². The summed E-state index contributed by atoms with van der Waals surface area (Å²) < 4.78 is 12.9. The maximum absolute atomic E-state index is 9.84. The number of carbonyl (C=O) groups is 2. The topological polar surface area (TPSA) is 121 Å². The van der Waals surface area contributed by atoms with Gasteiger partial charge < -0.3 is 9.63 Å². The van der Waals surface area contributed by atoms with Gasteiger partial charge in [0, 0.05) is 0 Å². The molecule has 3 N–H and O–H groups in total. The van der Waals surface area contributed by atoms with Crippen molar-refractivity contribution in [1.29, 1.82) is 0 Å². The van der Waals surface area contributed by atoms with E-state index in [1.165, 1.54) is 0 Å². The summed E-state index contributed by atoms with van der Waals surface area (Å²) in [6, 6.07) is 0. The number of hydrogen-bond donors (Lipinski definition) is 3. The quantitative estimate of drug-likeness (QED) is 0.249. The summed E-state index contributed by atoms with van der Waals surface area (Å²) in [6.07, 6.45) is 0. The molecule has 0 radical (unpaired) electrons. The summed E-state index contributed by atoms with van der Waals surface area (Å²) in [5.74, 6) is -4.03. The van der Waals surface area contributed by atoms with E-state index < -0.39 is 19.8 Å². The van der Waals surface area contributed by atoms with Crippen molar-refractivity contribution in [3.8, 4) is 0 Å². The first-order chi connectivity index (χ1) is 4.33. The summed E-state index contributed by atoms with van der Waals surface area (Å²) in [5.41, 5.74) is 0. The Balaban J connectivity index is -0.000000405. The van der Waals surface area contributed by atoms with Crippen LogP contribution < -0.4 is 0 Å². The zero-order chi connectivity index (χ0) is 8.36. The van der Waals surface area contributed by atoms with Gasteiger partial charge in [0.2, 0.25) is 0 Å². The standard InChI is InChI=1S/C2H3O7P.Al.Ca.5H/c3-1(4)2(5)9-10(6,7)8;;;;;;;/h(H,3,4)(H2,6,7,8);;;;;;;. The molecule has 7 nitrogen and oxygen atoms in total. The first-order valence-corrected chi connectivity index (χ1v) is 3.38. The van der Waals surface area contributed by atoms with Crippen LogP contribution in [0.5, 0.6) is 0 Å². The predicted octanol–water partition coefficient (Wildman–Crippen LogP) is -3.39. The van der Waals surface area contributed by atoms with Gasteiger partial charge in [-0.2, -0.15) is 0 Å². The first kappa shape index (κ1) is 18.6. The Labute approximate surface area is 107 Å². The third kappa shape index (κ3) is 10.9. The van der Waals surface area contributed by atoms with Crippen molar-refractivity contribution in [2.45, 2.75) is 0 Å². The van der Waals surface area contributed by atoms with Crippen LogP contribution in [0.4, 0.5) is 0 Å². The van der Waals surface area contributed by atoms with Crippen LogP contribution in [-0.2, 0) is 18.7 Å². The second-order valence-corrected chi connectivity index (χ2v) is 2.34. The molecule has 0 spiro atoms. The third-order valence-electron chi connectivity index (χ3n) is 0.376. The van der Waals surface area contributed by atoms with Gasteiger partial charge in [0.1, 0.15) is 0 Å². The van der Waals surface area contributed by atoms with Crippen LogP contribution in [-0.4, -0.2) is 81.9 Å². The SMILES string of the molecule is O=C(O)C(=O)OP(=O)(O)O.[AlH3].[CaH2]. The number of carbonyl (C=O) groups excluding carboxylic acids is 1. The summed E-state index contributed by atoms with van der Waals surface area (Å²) in [5, 5.41) is 7.73. The number of aliphatic carboxylic acids is 1. The minimum absolute atomic E-state index is 0. The molecule has 0 aliphatic rings. The number of carboxylic acids is 1. The number of carboxylic acid groups (broad SMARTS) is 1. The normalized spacial score (nSPS) is 8.83. The van der Waals surface area contributed by atoms with E-state index in [2.05, 4.69) is 4.52 Å². The molecule has 0 atom stereocenters. The van der Waals surface area contributed by atoms with Crippen LogP contribution >= 0.6 is 7.82 Å². The summed E-state index contributed by atoms with van der Waals surface area (Å²) in [4.78, 5) is 35.1. The molecule has 12 heavy (non-hydrogen) atoms. The van der Waals surface area contributed by atoms with Crippen LogP contribution in [0.1, 0.15) is 0 Å². The first-order valence-electron chi connectivity index (χ1n) is 1.85. The van der Waals surface area contributed by atoms with E-state index >= 15 is 0 Å². The predicted molar refractivity (Wildman–Crippen MR) is 44.3 cm³/mol. The second kappa shape index (κ2) is 7.30. The maximum atomic E-state index is 9.84. The molecular weight excluding hydrogens is 234 g/mol. The van der Waals surface area contributed by atoms with Gasteiger partial charge in [-0.15, -0.1) is 0 Å². The Morgan fingerprint density at radius 2 is 1.58 bits per heavy atom. The molecule has 68 valence electrons. The fourth-order valence-electron chi connectivity index (χ4n) is 0.147. The number of rotatable bonds is 1. The molecule has 0 aliphatic heterocycles. The van der Waals surface area contributed by atoms with Gasteiger partial charge in [-0.1, -0.05) is 0 Å². The molecule has 0 aromatic rings. The van der Waals surface area contributed by atoms with Gasteiger partial charge in [-0.25, -0.2) is 14.2 Å². The van der Waals surface area contributed by atoms with Crippen molar-refractivity contribution >= 4 is 74.9 Å². The minimum atomic E-state index is -5.01. The Morgan fingerprint density at radius 1 is 1.25 bits per heavy atom. The fraction of sp³-hybridized carbons (Fsp3) is 0. The molecule has 0 fully saturated rings. The average Bonchev–Trinajstić information content (AvgIpc) is 1.60. The number of phosphoric ester groups is 1. The Bertz CT molecular complexity index is 209. The van der Waals surface area contributed by atoms with Crippen molar-refractivity contribution in [3.63, 3.8) is 0 Å². The Morgan fingerprint density at radius 3 is 1.67 bits per heavy atom. The summed E-state index contributed by atoms with van der Waals surface area (Å²) in [7, 11) is -5.01. The van der Waals surface area contributed by atoms with E-state index in [4.69, 9.17) is 14.9 Å². The van der Waals surface area contributed by atoms with Gasteiger partial charge in [-0.3, -0.25) is 9.79 Å². The molecule has 0 aromatic heterocycles. The molecule has 0 heterocycles. The van der Waals surface area contributed by atoms with Crippen molar-refractivity contribution in [1.82, 2.24) is 0 Å². The molecule has 0 amide bonds. The van der Waals surface area contributed by atoms with Gasteiger partial charge in [0.25, 0.3) is 0 Å². The molecule has 0 saturated heterocycles. The van der Waals surface area contributed by atoms with E-state index in [1.54, 1.807) is 0 Å². The Hall–Kier alpha value is 0.882. The van der Waals surface area contributed by atoms with Crippen molar-refractivity contribution in [3.05, 3.63) is 0 Å². The number of phosphoric acid groups is 1. The molecule has 0 rings (SSSR count). The van der Waals surface area contributed by atoms with Gasteiger partial charge >= 0.3 is 57.5 Å². The molecule has 0 bridgehead atoms. The van der Waals surface area contributed by atoms with Crippen LogP contribution in [0.2, 0.25) is 0 Å². The van der Waals surface area contributed by atoms with E-state index in [9.17, 15) is 14.2 Å². The average molecular weight is 242 g/mol. The zero-order valence-electron chi connectivity index (χ0n) is 4.42. The monoisotopic (exact) mass is 242 g/mol. The zero-order valence-corrected chi connectivity index (χ0v) is 5.32. The van der Waals surface area contributed by atoms with Crippen LogP contribution in [0, 0.1) is 0 Å². The van der Waals surface area contributed by atoms with E-state index in [1.807, 2.05) is 0 Å². The molecule has 0 saturated carbocycles. The van der Waals surface area contributed by atoms with Gasteiger partial charge in [-0.05, 0) is 0 Å². The molecule has 0 unspecified atom stereocenters. The summed E-state index contributed by atoms with van der Waals surface area (Å²) in [6.45, 7) is 0. The van der Waals surface area contributed by atoms with E-state index in [0.717, 1.165) is 0 Å². The van der Waals surface area contributed by atoms with Gasteiger partial charge in [0.05, 0.1) is 0 Å². The summed E-state index contributed by atoms with van der Waals surface area (Å²) >= 11 is 0. The molecule has 0 aromatic carbocycles. The fourth-order valence-corrected chi connectivity index (χ4v) is 0.441. The van der Waals surface area contributed by atoms with E-state index in [-0.39, 0.29) is 55.1 Å². The second-order valence-electron chi connectivity index (χ2n) is 1.17. The molecular formula is C2H8AlCaO7P. The van der Waals surface area contributed by atoms with E-state index in [0.29, 0.717) is 0 Å². The van der Waals surface area contributed by atoms with Gasteiger partial charge in [0.15, 0.2) is 17.4 Å². The molecule has 0 aliphatic carbocycles. The van der Waals surface area contributed by atoms with Crippen LogP contribution in [0.15, 0.2) is 0 Å².